The van der Waals surface area contributed by atoms with Gasteiger partial charge in [-0.15, -0.1) is 0 Å². The molecule has 2 amide bonds. The zero-order chi connectivity index (χ0) is 18.8. The third-order valence-electron chi connectivity index (χ3n) is 5.33. The highest BCUT2D eigenvalue weighted by Crippen LogP contribution is 2.32. The van der Waals surface area contributed by atoms with Crippen molar-refractivity contribution in [3.63, 3.8) is 0 Å². The Bertz CT molecular complexity index is 817. The molecule has 1 N–H and O–H groups in total. The lowest BCUT2D eigenvalue weighted by molar-refractivity contribution is 0.110. The Morgan fingerprint density at radius 1 is 1.00 bits per heavy atom. The summed E-state index contributed by atoms with van der Waals surface area (Å²) >= 11 is 0. The second-order valence-electron chi connectivity index (χ2n) is 7.14. The van der Waals surface area contributed by atoms with Crippen molar-refractivity contribution in [2.24, 2.45) is 0 Å². The number of piperidine rings is 1. The molecule has 1 heterocycles. The molecule has 0 spiro atoms. The first-order chi connectivity index (χ1) is 13.1. The van der Waals surface area contributed by atoms with Gasteiger partial charge >= 0.3 is 6.03 Å². The standard InChI is InChI=1S/C21H22F2N2O2/c22-15-4-6-17(7-5-15)27-18-9-11-25(12-10-18)21(26)24-20-8-2-14-1-3-16(23)13-19(14)20/h1,3-7,13,18,20H,2,8-12H2,(H,24,26). The van der Waals surface area contributed by atoms with Gasteiger partial charge in [0.25, 0.3) is 0 Å². The van der Waals surface area contributed by atoms with Crippen LogP contribution in [0.5, 0.6) is 5.75 Å². The number of fused-ring (bicyclic) bond motifs is 1. The lowest BCUT2D eigenvalue weighted by Gasteiger charge is -2.33. The van der Waals surface area contributed by atoms with Crippen LogP contribution in [0.1, 0.15) is 36.4 Å². The molecule has 1 saturated heterocycles. The number of carbonyl (C=O) groups excluding carboxylic acids is 1. The van der Waals surface area contributed by atoms with Crippen LogP contribution in [0.2, 0.25) is 0 Å². The van der Waals surface area contributed by atoms with E-state index in [-0.39, 0.29) is 29.8 Å². The second-order valence-corrected chi connectivity index (χ2v) is 7.14. The van der Waals surface area contributed by atoms with Gasteiger partial charge in [-0.2, -0.15) is 0 Å². The molecule has 0 aromatic heterocycles. The Morgan fingerprint density at radius 3 is 2.44 bits per heavy atom. The van der Waals surface area contributed by atoms with Gasteiger partial charge < -0.3 is 15.0 Å². The quantitative estimate of drug-likeness (QED) is 0.877. The summed E-state index contributed by atoms with van der Waals surface area (Å²) in [6.07, 6.45) is 3.12. The van der Waals surface area contributed by atoms with Crippen LogP contribution in [0, 0.1) is 11.6 Å². The summed E-state index contributed by atoms with van der Waals surface area (Å²) in [5, 5.41) is 3.04. The van der Waals surface area contributed by atoms with Crippen LogP contribution >= 0.6 is 0 Å². The number of carbonyl (C=O) groups is 1. The minimum atomic E-state index is -0.290. The molecule has 0 bridgehead atoms. The van der Waals surface area contributed by atoms with E-state index in [0.29, 0.717) is 18.8 Å². The number of benzene rings is 2. The molecule has 0 radical (unpaired) electrons. The van der Waals surface area contributed by atoms with E-state index in [9.17, 15) is 13.6 Å². The average Bonchev–Trinajstić information content (AvgIpc) is 3.06. The van der Waals surface area contributed by atoms with Gasteiger partial charge in [0.1, 0.15) is 23.5 Å². The highest BCUT2D eigenvalue weighted by Gasteiger charge is 2.28. The van der Waals surface area contributed by atoms with Gasteiger partial charge in [0.05, 0.1) is 6.04 Å². The smallest absolute Gasteiger partial charge is 0.317 e. The van der Waals surface area contributed by atoms with Crippen LogP contribution in [-0.2, 0) is 6.42 Å². The predicted molar refractivity (Wildman–Crippen MR) is 97.6 cm³/mol. The maximum atomic E-state index is 13.5. The Balaban J connectivity index is 1.29. The number of hydrogen-bond acceptors (Lipinski definition) is 2. The lowest BCUT2D eigenvalue weighted by atomic mass is 10.1. The fourth-order valence-electron chi connectivity index (χ4n) is 3.85. The first kappa shape index (κ1) is 17.8. The molecule has 142 valence electrons. The summed E-state index contributed by atoms with van der Waals surface area (Å²) in [7, 11) is 0. The predicted octanol–water partition coefficient (Wildman–Crippen LogP) is 4.21. The van der Waals surface area contributed by atoms with E-state index < -0.39 is 0 Å². The fourth-order valence-corrected chi connectivity index (χ4v) is 3.85. The van der Waals surface area contributed by atoms with Crippen LogP contribution < -0.4 is 10.1 Å². The van der Waals surface area contributed by atoms with Gasteiger partial charge in [-0.05, 0) is 60.4 Å². The third-order valence-corrected chi connectivity index (χ3v) is 5.33. The fraction of sp³-hybridized carbons (Fsp3) is 0.381. The van der Waals surface area contributed by atoms with E-state index in [1.54, 1.807) is 23.1 Å². The number of urea groups is 1. The normalized spacial score (nSPS) is 19.6. The number of nitrogens with one attached hydrogen (secondary N) is 1. The number of aryl methyl sites for hydroxylation is 1. The molecule has 1 aliphatic carbocycles. The van der Waals surface area contributed by atoms with Crippen LogP contribution in [0.15, 0.2) is 42.5 Å². The molecule has 1 fully saturated rings. The first-order valence-electron chi connectivity index (χ1n) is 9.34. The Hall–Kier alpha value is -2.63. The number of rotatable bonds is 3. The van der Waals surface area contributed by atoms with Gasteiger partial charge in [0.15, 0.2) is 0 Å². The summed E-state index contributed by atoms with van der Waals surface area (Å²) < 4.78 is 32.3. The summed E-state index contributed by atoms with van der Waals surface area (Å²) in [6, 6.07) is 10.5. The van der Waals surface area contributed by atoms with E-state index in [1.807, 2.05) is 0 Å². The molecule has 2 aromatic rings. The maximum Gasteiger partial charge on any atom is 0.317 e. The molecule has 1 unspecified atom stereocenters. The molecular weight excluding hydrogens is 350 g/mol. The van der Waals surface area contributed by atoms with Crippen LogP contribution in [0.4, 0.5) is 13.6 Å². The summed E-state index contributed by atoms with van der Waals surface area (Å²) in [5.74, 6) is 0.0831. The van der Waals surface area contributed by atoms with Crippen molar-refractivity contribution in [1.82, 2.24) is 10.2 Å². The van der Waals surface area contributed by atoms with E-state index in [0.717, 1.165) is 36.8 Å². The SMILES string of the molecule is O=C(NC1CCc2ccc(F)cc21)N1CCC(Oc2ccc(F)cc2)CC1. The van der Waals surface area contributed by atoms with Gasteiger partial charge in [-0.3, -0.25) is 0 Å². The number of amides is 2. The number of ether oxygens (including phenoxy) is 1. The second kappa shape index (κ2) is 7.55. The van der Waals surface area contributed by atoms with Gasteiger partial charge in [0, 0.05) is 25.9 Å². The Kier molecular flexibility index (Phi) is 4.97. The molecule has 4 nitrogen and oxygen atoms in total. The molecule has 6 heteroatoms. The molecule has 27 heavy (non-hydrogen) atoms. The van der Waals surface area contributed by atoms with Crippen molar-refractivity contribution < 1.29 is 18.3 Å². The molecule has 1 atom stereocenters. The van der Waals surface area contributed by atoms with Crippen molar-refractivity contribution >= 4 is 6.03 Å². The molecular formula is C21H22F2N2O2. The van der Waals surface area contributed by atoms with E-state index >= 15 is 0 Å². The minimum absolute atomic E-state index is 0.0146. The van der Waals surface area contributed by atoms with Crippen molar-refractivity contribution in [1.29, 1.82) is 0 Å². The highest BCUT2D eigenvalue weighted by atomic mass is 19.1. The van der Waals surface area contributed by atoms with Gasteiger partial charge in [-0.25, -0.2) is 13.6 Å². The molecule has 1 aliphatic heterocycles. The number of hydrogen-bond donors (Lipinski definition) is 1. The zero-order valence-electron chi connectivity index (χ0n) is 15.0. The van der Waals surface area contributed by atoms with Crippen LogP contribution in [-0.4, -0.2) is 30.1 Å². The topological polar surface area (TPSA) is 41.6 Å². The minimum Gasteiger partial charge on any atom is -0.490 e. The number of halogens is 2. The number of nitrogens with zero attached hydrogens (tertiary/aromatic N) is 1. The van der Waals surface area contributed by atoms with Gasteiger partial charge in [0.2, 0.25) is 0 Å². The lowest BCUT2D eigenvalue weighted by Crippen LogP contribution is -2.47. The monoisotopic (exact) mass is 372 g/mol. The summed E-state index contributed by atoms with van der Waals surface area (Å²) in [6.45, 7) is 1.20. The van der Waals surface area contributed by atoms with Crippen LogP contribution in [0.3, 0.4) is 0 Å². The van der Waals surface area contributed by atoms with E-state index in [1.165, 1.54) is 24.3 Å². The van der Waals surface area contributed by atoms with Crippen molar-refractivity contribution in [3.8, 4) is 5.75 Å². The average molecular weight is 372 g/mol. The first-order valence-corrected chi connectivity index (χ1v) is 9.34. The molecule has 0 saturated carbocycles. The third kappa shape index (κ3) is 4.04. The summed E-state index contributed by atoms with van der Waals surface area (Å²) in [5.41, 5.74) is 1.99. The maximum absolute atomic E-state index is 13.5. The Labute approximate surface area is 157 Å². The number of likely N-dealkylation sites (tertiary alicyclic amines) is 1. The molecule has 2 aliphatic rings. The van der Waals surface area contributed by atoms with Gasteiger partial charge in [-0.1, -0.05) is 6.07 Å². The summed E-state index contributed by atoms with van der Waals surface area (Å²) in [4.78, 5) is 14.4. The molecule has 2 aromatic carbocycles. The molecule has 4 rings (SSSR count). The van der Waals surface area contributed by atoms with Crippen molar-refractivity contribution in [2.75, 3.05) is 13.1 Å². The van der Waals surface area contributed by atoms with E-state index in [2.05, 4.69) is 5.32 Å². The largest absolute Gasteiger partial charge is 0.490 e. The van der Waals surface area contributed by atoms with Crippen molar-refractivity contribution in [2.45, 2.75) is 37.8 Å². The zero-order valence-corrected chi connectivity index (χ0v) is 15.0. The highest BCUT2D eigenvalue weighted by molar-refractivity contribution is 5.75. The van der Waals surface area contributed by atoms with Crippen molar-refractivity contribution in [3.05, 3.63) is 65.2 Å². The Morgan fingerprint density at radius 2 is 1.70 bits per heavy atom. The van der Waals surface area contributed by atoms with Crippen LogP contribution in [0.25, 0.3) is 0 Å². The van der Waals surface area contributed by atoms with E-state index in [4.69, 9.17) is 4.74 Å².